The zero-order valence-corrected chi connectivity index (χ0v) is 12.7. The van der Waals surface area contributed by atoms with Crippen molar-refractivity contribution in [2.75, 3.05) is 24.6 Å². The summed E-state index contributed by atoms with van der Waals surface area (Å²) < 4.78 is 1.10. The second kappa shape index (κ2) is 7.43. The molecule has 3 nitrogen and oxygen atoms in total. The smallest absolute Gasteiger partial charge is 0.233 e. The largest absolute Gasteiger partial charge is 0.339 e. The van der Waals surface area contributed by atoms with E-state index in [4.69, 9.17) is 0 Å². The standard InChI is InChI=1S/C13H22N2OS2/c1-2-15(11-6-4-3-5-7-11)12(16)10-18-13-14-8-9-17-13/h11H,2-10H2,1H3. The van der Waals surface area contributed by atoms with Gasteiger partial charge < -0.3 is 4.90 Å². The van der Waals surface area contributed by atoms with Gasteiger partial charge in [-0.15, -0.1) is 0 Å². The highest BCUT2D eigenvalue weighted by molar-refractivity contribution is 8.39. The molecule has 1 heterocycles. The molecule has 0 unspecified atom stereocenters. The molecule has 1 saturated carbocycles. The second-order valence-corrected chi connectivity index (χ2v) is 7.06. The average molecular weight is 286 g/mol. The third-order valence-corrected chi connectivity index (χ3v) is 5.79. The lowest BCUT2D eigenvalue weighted by Gasteiger charge is -2.33. The molecular formula is C13H22N2OS2. The third kappa shape index (κ3) is 3.92. The highest BCUT2D eigenvalue weighted by Crippen LogP contribution is 2.25. The van der Waals surface area contributed by atoms with Crippen LogP contribution >= 0.6 is 23.5 Å². The first-order valence-electron chi connectivity index (χ1n) is 6.90. The molecule has 18 heavy (non-hydrogen) atoms. The van der Waals surface area contributed by atoms with Gasteiger partial charge in [-0.1, -0.05) is 42.8 Å². The number of thioether (sulfide) groups is 2. The lowest BCUT2D eigenvalue weighted by molar-refractivity contribution is -0.131. The minimum absolute atomic E-state index is 0.296. The molecule has 0 radical (unpaired) electrons. The van der Waals surface area contributed by atoms with E-state index in [0.717, 1.165) is 23.2 Å². The van der Waals surface area contributed by atoms with Crippen LogP contribution < -0.4 is 0 Å². The molecule has 0 N–H and O–H groups in total. The van der Waals surface area contributed by atoms with Crippen molar-refractivity contribution in [2.45, 2.75) is 45.1 Å². The average Bonchev–Trinajstić information content (AvgIpc) is 2.92. The molecule has 0 bridgehead atoms. The van der Waals surface area contributed by atoms with Gasteiger partial charge in [-0.3, -0.25) is 9.79 Å². The summed E-state index contributed by atoms with van der Waals surface area (Å²) >= 11 is 3.40. The van der Waals surface area contributed by atoms with Crippen LogP contribution in [0.4, 0.5) is 0 Å². The molecule has 2 aliphatic rings. The van der Waals surface area contributed by atoms with Crippen LogP contribution in [0, 0.1) is 0 Å². The van der Waals surface area contributed by atoms with Gasteiger partial charge in [0.25, 0.3) is 0 Å². The SMILES string of the molecule is CCN(C(=O)CSC1=NCCS1)C1CCCCC1. The van der Waals surface area contributed by atoms with Crippen molar-refractivity contribution in [1.82, 2.24) is 4.90 Å². The molecule has 0 aromatic heterocycles. The molecule has 0 spiro atoms. The molecule has 2 rings (SSSR count). The summed E-state index contributed by atoms with van der Waals surface area (Å²) in [6, 6.07) is 0.495. The first-order chi connectivity index (χ1) is 8.81. The van der Waals surface area contributed by atoms with Crippen LogP contribution in [0.2, 0.25) is 0 Å². The minimum atomic E-state index is 0.296. The van der Waals surface area contributed by atoms with Gasteiger partial charge >= 0.3 is 0 Å². The highest BCUT2D eigenvalue weighted by atomic mass is 32.2. The Bertz CT molecular complexity index is 314. The zero-order valence-electron chi connectivity index (χ0n) is 11.1. The van der Waals surface area contributed by atoms with E-state index in [-0.39, 0.29) is 0 Å². The number of rotatable bonds is 4. The Balaban J connectivity index is 1.80. The summed E-state index contributed by atoms with van der Waals surface area (Å²) in [5, 5.41) is 0. The molecule has 1 aliphatic heterocycles. The van der Waals surface area contributed by atoms with Gasteiger partial charge in [0.1, 0.15) is 4.38 Å². The summed E-state index contributed by atoms with van der Waals surface area (Å²) in [6.07, 6.45) is 6.29. The monoisotopic (exact) mass is 286 g/mol. The first-order valence-corrected chi connectivity index (χ1v) is 8.88. The molecular weight excluding hydrogens is 264 g/mol. The van der Waals surface area contributed by atoms with Crippen LogP contribution in [0.1, 0.15) is 39.0 Å². The van der Waals surface area contributed by atoms with E-state index in [2.05, 4.69) is 16.8 Å². The zero-order chi connectivity index (χ0) is 12.8. The maximum absolute atomic E-state index is 12.3. The van der Waals surface area contributed by atoms with Crippen molar-refractivity contribution in [2.24, 2.45) is 4.99 Å². The molecule has 1 aliphatic carbocycles. The van der Waals surface area contributed by atoms with Gasteiger partial charge in [-0.05, 0) is 19.8 Å². The molecule has 0 saturated heterocycles. The Morgan fingerprint density at radius 3 is 2.83 bits per heavy atom. The quantitative estimate of drug-likeness (QED) is 0.796. The Morgan fingerprint density at radius 1 is 1.44 bits per heavy atom. The number of hydrogen-bond acceptors (Lipinski definition) is 4. The number of aliphatic imine (C=N–C) groups is 1. The van der Waals surface area contributed by atoms with Crippen molar-refractivity contribution in [3.8, 4) is 0 Å². The van der Waals surface area contributed by atoms with E-state index in [1.165, 1.54) is 32.1 Å². The van der Waals surface area contributed by atoms with Gasteiger partial charge in [-0.2, -0.15) is 0 Å². The Labute approximate surface area is 118 Å². The number of hydrogen-bond donors (Lipinski definition) is 0. The van der Waals surface area contributed by atoms with E-state index in [1.807, 2.05) is 0 Å². The fourth-order valence-electron chi connectivity index (χ4n) is 2.64. The molecule has 0 atom stereocenters. The topological polar surface area (TPSA) is 32.7 Å². The number of amides is 1. The van der Waals surface area contributed by atoms with E-state index < -0.39 is 0 Å². The molecule has 0 aromatic rings. The molecule has 1 fully saturated rings. The minimum Gasteiger partial charge on any atom is -0.339 e. The van der Waals surface area contributed by atoms with Gasteiger partial charge in [0, 0.05) is 18.3 Å². The van der Waals surface area contributed by atoms with E-state index in [9.17, 15) is 4.79 Å². The molecule has 1 amide bonds. The summed E-state index contributed by atoms with van der Waals surface area (Å²) in [6.45, 7) is 3.87. The number of carbonyl (C=O) groups excluding carboxylic acids is 1. The number of carbonyl (C=O) groups is 1. The van der Waals surface area contributed by atoms with E-state index in [1.54, 1.807) is 23.5 Å². The van der Waals surface area contributed by atoms with E-state index >= 15 is 0 Å². The van der Waals surface area contributed by atoms with Crippen LogP contribution in [0.3, 0.4) is 0 Å². The van der Waals surface area contributed by atoms with Crippen molar-refractivity contribution in [3.05, 3.63) is 0 Å². The van der Waals surface area contributed by atoms with Crippen LogP contribution in [-0.2, 0) is 4.79 Å². The molecule has 0 aromatic carbocycles. The summed E-state index contributed by atoms with van der Waals surface area (Å²) in [7, 11) is 0. The molecule has 5 heteroatoms. The van der Waals surface area contributed by atoms with Crippen molar-refractivity contribution >= 4 is 33.8 Å². The molecule has 102 valence electrons. The van der Waals surface area contributed by atoms with Crippen molar-refractivity contribution < 1.29 is 4.79 Å². The van der Waals surface area contributed by atoms with Crippen LogP contribution in [0.25, 0.3) is 0 Å². The number of nitrogens with zero attached hydrogens (tertiary/aromatic N) is 2. The highest BCUT2D eigenvalue weighted by Gasteiger charge is 2.24. The summed E-state index contributed by atoms with van der Waals surface area (Å²) in [4.78, 5) is 18.7. The lowest BCUT2D eigenvalue weighted by atomic mass is 9.94. The van der Waals surface area contributed by atoms with Gasteiger partial charge in [0.05, 0.1) is 12.3 Å². The fraction of sp³-hybridized carbons (Fsp3) is 0.846. The summed E-state index contributed by atoms with van der Waals surface area (Å²) in [5.74, 6) is 1.94. The van der Waals surface area contributed by atoms with Gasteiger partial charge in [0.15, 0.2) is 0 Å². The first kappa shape index (κ1) is 14.3. The van der Waals surface area contributed by atoms with Gasteiger partial charge in [0.2, 0.25) is 5.91 Å². The normalized spacial score (nSPS) is 20.8. The second-order valence-electron chi connectivity index (χ2n) is 4.76. The maximum Gasteiger partial charge on any atom is 0.233 e. The summed E-state index contributed by atoms with van der Waals surface area (Å²) in [5.41, 5.74) is 0. The van der Waals surface area contributed by atoms with Crippen LogP contribution in [0.15, 0.2) is 4.99 Å². The van der Waals surface area contributed by atoms with Crippen LogP contribution in [0.5, 0.6) is 0 Å². The Morgan fingerprint density at radius 2 is 2.22 bits per heavy atom. The van der Waals surface area contributed by atoms with Crippen molar-refractivity contribution in [1.29, 1.82) is 0 Å². The predicted octanol–water partition coefficient (Wildman–Crippen LogP) is 3.00. The van der Waals surface area contributed by atoms with Crippen molar-refractivity contribution in [3.63, 3.8) is 0 Å². The Kier molecular flexibility index (Phi) is 5.89. The van der Waals surface area contributed by atoms with E-state index in [0.29, 0.717) is 17.7 Å². The van der Waals surface area contributed by atoms with Crippen LogP contribution in [-0.4, -0.2) is 45.8 Å². The maximum atomic E-state index is 12.3. The third-order valence-electron chi connectivity index (χ3n) is 3.55. The van der Waals surface area contributed by atoms with Gasteiger partial charge in [-0.25, -0.2) is 0 Å². The predicted molar refractivity (Wildman–Crippen MR) is 81.5 cm³/mol. The fourth-order valence-corrected chi connectivity index (χ4v) is 4.54. The lowest BCUT2D eigenvalue weighted by Crippen LogP contribution is -2.42. The Hall–Kier alpha value is -0.160.